The molecular weight excluding hydrogens is 370 g/mol. The maximum atomic E-state index is 6.17. The second-order valence-corrected chi connectivity index (χ2v) is 7.36. The van der Waals surface area contributed by atoms with Crippen molar-refractivity contribution in [3.8, 4) is 5.75 Å². The van der Waals surface area contributed by atoms with E-state index in [0.29, 0.717) is 29.3 Å². The minimum Gasteiger partial charge on any atom is -0.494 e. The third kappa shape index (κ3) is 2.89. The minimum absolute atomic E-state index is 0.284. The average molecular weight is 393 g/mol. The van der Waals surface area contributed by atoms with Crippen molar-refractivity contribution in [2.24, 2.45) is 0 Å². The molecule has 0 saturated carbocycles. The van der Waals surface area contributed by atoms with Crippen LogP contribution in [0.4, 0.5) is 5.95 Å². The van der Waals surface area contributed by atoms with Crippen molar-refractivity contribution >= 4 is 22.5 Å². The number of anilines is 1. The van der Waals surface area contributed by atoms with Crippen LogP contribution in [-0.4, -0.2) is 42.6 Å². The number of hydrogen-bond donors (Lipinski definition) is 1. The van der Waals surface area contributed by atoms with E-state index in [1.165, 1.54) is 0 Å². The monoisotopic (exact) mass is 393 g/mol. The third-order valence-corrected chi connectivity index (χ3v) is 5.54. The fraction of sp³-hybridized carbons (Fsp3) is 0.400. The van der Waals surface area contributed by atoms with Gasteiger partial charge in [0.15, 0.2) is 17.4 Å². The van der Waals surface area contributed by atoms with Crippen molar-refractivity contribution in [2.45, 2.75) is 45.8 Å². The summed E-state index contributed by atoms with van der Waals surface area (Å²) in [6, 6.07) is 6.03. The minimum atomic E-state index is 0.284. The first-order valence-corrected chi connectivity index (χ1v) is 9.74. The quantitative estimate of drug-likeness (QED) is 0.551. The predicted molar refractivity (Wildman–Crippen MR) is 108 cm³/mol. The summed E-state index contributed by atoms with van der Waals surface area (Å²) >= 11 is 0. The summed E-state index contributed by atoms with van der Waals surface area (Å²) in [5.74, 6) is 3.41. The number of hydrogen-bond acceptors (Lipinski definition) is 8. The highest BCUT2D eigenvalue weighted by Gasteiger charge is 2.30. The van der Waals surface area contributed by atoms with Crippen LogP contribution in [0.3, 0.4) is 0 Å². The third-order valence-electron chi connectivity index (χ3n) is 5.54. The van der Waals surface area contributed by atoms with Crippen LogP contribution < -0.4 is 10.5 Å². The Morgan fingerprint density at radius 2 is 2.10 bits per heavy atom. The summed E-state index contributed by atoms with van der Waals surface area (Å²) in [5.41, 5.74) is 8.59. The van der Waals surface area contributed by atoms with E-state index in [-0.39, 0.29) is 6.04 Å². The number of nitrogens with zero attached hydrogens (tertiary/aromatic N) is 6. The van der Waals surface area contributed by atoms with Crippen molar-refractivity contribution in [3.63, 3.8) is 0 Å². The van der Waals surface area contributed by atoms with Crippen molar-refractivity contribution in [1.82, 2.24) is 29.5 Å². The zero-order valence-corrected chi connectivity index (χ0v) is 16.7. The lowest BCUT2D eigenvalue weighted by atomic mass is 10.1. The first kappa shape index (κ1) is 17.9. The van der Waals surface area contributed by atoms with E-state index in [1.54, 1.807) is 11.6 Å². The number of aryl methyl sites for hydroxylation is 1. The molecule has 3 aromatic heterocycles. The number of ether oxygens (including phenoxy) is 1. The number of aromatic nitrogens is 5. The molecule has 0 radical (unpaired) electrons. The largest absolute Gasteiger partial charge is 0.494 e. The SMILES string of the molecule is CCC(Cc1nc2c3cccc(OC)c3nc(N)n2n1)N1Cc2nc(C)oc2C1. The number of rotatable bonds is 5. The van der Waals surface area contributed by atoms with Gasteiger partial charge in [-0.05, 0) is 18.6 Å². The molecule has 0 amide bonds. The van der Waals surface area contributed by atoms with Gasteiger partial charge < -0.3 is 14.9 Å². The highest BCUT2D eigenvalue weighted by atomic mass is 16.5. The van der Waals surface area contributed by atoms with Crippen molar-refractivity contribution in [3.05, 3.63) is 41.4 Å². The molecule has 0 saturated heterocycles. The van der Waals surface area contributed by atoms with Gasteiger partial charge in [-0.2, -0.15) is 4.52 Å². The lowest BCUT2D eigenvalue weighted by molar-refractivity contribution is 0.178. The molecule has 1 unspecified atom stereocenters. The Morgan fingerprint density at radius 3 is 2.86 bits per heavy atom. The number of fused-ring (bicyclic) bond motifs is 4. The molecule has 9 nitrogen and oxygen atoms in total. The Hall–Kier alpha value is -3.20. The highest BCUT2D eigenvalue weighted by molar-refractivity contribution is 5.95. The molecule has 0 spiro atoms. The van der Waals surface area contributed by atoms with Crippen LogP contribution in [0.2, 0.25) is 0 Å². The molecule has 4 heterocycles. The summed E-state index contributed by atoms with van der Waals surface area (Å²) in [6.07, 6.45) is 1.69. The number of nitrogen functional groups attached to an aromatic ring is 1. The smallest absolute Gasteiger partial charge is 0.223 e. The first-order chi connectivity index (χ1) is 14.1. The summed E-state index contributed by atoms with van der Waals surface area (Å²) in [5, 5.41) is 5.51. The normalized spacial score (nSPS) is 15.3. The maximum Gasteiger partial charge on any atom is 0.223 e. The van der Waals surface area contributed by atoms with Crippen LogP contribution in [0.5, 0.6) is 5.75 Å². The van der Waals surface area contributed by atoms with Gasteiger partial charge in [0.05, 0.1) is 19.3 Å². The van der Waals surface area contributed by atoms with E-state index in [0.717, 1.165) is 48.1 Å². The summed E-state index contributed by atoms with van der Waals surface area (Å²) in [4.78, 5) is 16.1. The van der Waals surface area contributed by atoms with E-state index in [9.17, 15) is 0 Å². The molecule has 0 bridgehead atoms. The number of para-hydroxylation sites is 1. The molecule has 4 aromatic rings. The van der Waals surface area contributed by atoms with Crippen LogP contribution in [0.25, 0.3) is 16.6 Å². The van der Waals surface area contributed by atoms with E-state index in [4.69, 9.17) is 19.9 Å². The van der Waals surface area contributed by atoms with Crippen LogP contribution in [-0.2, 0) is 19.5 Å². The van der Waals surface area contributed by atoms with E-state index in [2.05, 4.69) is 26.9 Å². The Balaban J connectivity index is 1.48. The summed E-state index contributed by atoms with van der Waals surface area (Å²) in [6.45, 7) is 5.63. The number of methoxy groups -OCH3 is 1. The van der Waals surface area contributed by atoms with Gasteiger partial charge >= 0.3 is 0 Å². The van der Waals surface area contributed by atoms with Gasteiger partial charge in [0, 0.05) is 31.3 Å². The molecule has 9 heteroatoms. The van der Waals surface area contributed by atoms with Gasteiger partial charge in [0.2, 0.25) is 5.95 Å². The van der Waals surface area contributed by atoms with Gasteiger partial charge in [-0.3, -0.25) is 4.90 Å². The molecule has 2 N–H and O–H groups in total. The summed E-state index contributed by atoms with van der Waals surface area (Å²) in [7, 11) is 1.62. The van der Waals surface area contributed by atoms with Gasteiger partial charge in [-0.1, -0.05) is 13.0 Å². The van der Waals surface area contributed by atoms with Gasteiger partial charge in [0.25, 0.3) is 0 Å². The molecule has 1 aliphatic rings. The van der Waals surface area contributed by atoms with Crippen LogP contribution in [0, 0.1) is 6.92 Å². The highest BCUT2D eigenvalue weighted by Crippen LogP contribution is 2.29. The fourth-order valence-electron chi connectivity index (χ4n) is 4.11. The van der Waals surface area contributed by atoms with E-state index in [1.807, 2.05) is 25.1 Å². The molecular formula is C20H23N7O2. The molecule has 29 heavy (non-hydrogen) atoms. The molecule has 0 aliphatic carbocycles. The van der Waals surface area contributed by atoms with Crippen LogP contribution in [0.1, 0.15) is 36.5 Å². The van der Waals surface area contributed by atoms with E-state index >= 15 is 0 Å². The number of benzene rings is 1. The number of oxazole rings is 1. The molecule has 1 aliphatic heterocycles. The van der Waals surface area contributed by atoms with Crippen molar-refractivity contribution in [1.29, 1.82) is 0 Å². The Bertz CT molecular complexity index is 1190. The zero-order chi connectivity index (χ0) is 20.1. The molecule has 1 aromatic carbocycles. The van der Waals surface area contributed by atoms with Crippen molar-refractivity contribution < 1.29 is 9.15 Å². The lowest BCUT2D eigenvalue weighted by Gasteiger charge is -2.24. The second-order valence-electron chi connectivity index (χ2n) is 7.36. The standard InChI is InChI=1S/C20H23N7O2/c1-4-12(26-9-14-16(10-26)29-11(2)22-14)8-17-23-19-13-6-5-7-15(28-3)18(13)24-20(21)27(19)25-17/h5-7,12H,4,8-10H2,1-3H3,(H2,21,24). The summed E-state index contributed by atoms with van der Waals surface area (Å²) < 4.78 is 12.7. The number of nitrogens with two attached hydrogens (primary N) is 1. The molecule has 5 rings (SSSR count). The van der Waals surface area contributed by atoms with Gasteiger partial charge in [0.1, 0.15) is 17.0 Å². The molecule has 0 fully saturated rings. The van der Waals surface area contributed by atoms with Gasteiger partial charge in [-0.25, -0.2) is 15.0 Å². The first-order valence-electron chi connectivity index (χ1n) is 9.74. The van der Waals surface area contributed by atoms with Crippen molar-refractivity contribution in [2.75, 3.05) is 12.8 Å². The maximum absolute atomic E-state index is 6.17. The molecule has 1 atom stereocenters. The molecule has 150 valence electrons. The topological polar surface area (TPSA) is 108 Å². The zero-order valence-electron chi connectivity index (χ0n) is 16.7. The fourth-order valence-corrected chi connectivity index (χ4v) is 4.11. The van der Waals surface area contributed by atoms with Crippen LogP contribution in [0.15, 0.2) is 22.6 Å². The Kier molecular flexibility index (Phi) is 4.13. The Morgan fingerprint density at radius 1 is 1.24 bits per heavy atom. The van der Waals surface area contributed by atoms with Gasteiger partial charge in [-0.15, -0.1) is 5.10 Å². The average Bonchev–Trinajstić information content (AvgIpc) is 3.38. The Labute approximate surface area is 167 Å². The van der Waals surface area contributed by atoms with E-state index < -0.39 is 0 Å². The lowest BCUT2D eigenvalue weighted by Crippen LogP contribution is -2.32. The predicted octanol–water partition coefficient (Wildman–Crippen LogP) is 2.50. The van der Waals surface area contributed by atoms with Crippen LogP contribution >= 0.6 is 0 Å². The second kappa shape index (κ2) is 6.70.